The Kier molecular flexibility index (Phi) is 5.99. The van der Waals surface area contributed by atoms with Crippen molar-refractivity contribution in [3.05, 3.63) is 0 Å². The number of rotatable bonds is 6. The first-order chi connectivity index (χ1) is 5.61. The summed E-state index contributed by atoms with van der Waals surface area (Å²) in [6.07, 6.45) is 1.67. The van der Waals surface area contributed by atoms with Gasteiger partial charge < -0.3 is 5.32 Å². The van der Waals surface area contributed by atoms with Gasteiger partial charge in [-0.3, -0.25) is 4.79 Å². The molecule has 0 fully saturated rings. The summed E-state index contributed by atoms with van der Waals surface area (Å²) >= 11 is 0. The normalized spacial score (nSPS) is 13.4. The molecule has 0 heterocycles. The summed E-state index contributed by atoms with van der Waals surface area (Å²) < 4.78 is 0. The lowest BCUT2D eigenvalue weighted by atomic mass is 9.94. The second kappa shape index (κ2) is 6.18. The van der Waals surface area contributed by atoms with Crippen molar-refractivity contribution in [1.82, 2.24) is 5.32 Å². The quantitative estimate of drug-likeness (QED) is 0.660. The molecule has 0 saturated heterocycles. The lowest BCUT2D eigenvalue weighted by Gasteiger charge is -2.13. The summed E-state index contributed by atoms with van der Waals surface area (Å²) in [6.45, 7) is 7.07. The van der Waals surface area contributed by atoms with Gasteiger partial charge in [0.1, 0.15) is 5.78 Å². The van der Waals surface area contributed by atoms with E-state index in [0.717, 1.165) is 19.4 Å². The van der Waals surface area contributed by atoms with Gasteiger partial charge in [-0.05, 0) is 19.4 Å². The maximum atomic E-state index is 11.5. The van der Waals surface area contributed by atoms with Crippen molar-refractivity contribution in [3.63, 3.8) is 0 Å². The zero-order chi connectivity index (χ0) is 9.56. The fraction of sp³-hybridized carbons (Fsp3) is 0.900. The molecule has 1 N–H and O–H groups in total. The minimum Gasteiger partial charge on any atom is -0.319 e. The molecule has 12 heavy (non-hydrogen) atoms. The lowest BCUT2D eigenvalue weighted by molar-refractivity contribution is -0.123. The molecule has 1 atom stereocenters. The van der Waals surface area contributed by atoms with Crippen LogP contribution in [0.1, 0.15) is 33.6 Å². The van der Waals surface area contributed by atoms with E-state index in [1.165, 1.54) is 0 Å². The molecular weight excluding hydrogens is 150 g/mol. The zero-order valence-electron chi connectivity index (χ0n) is 8.68. The van der Waals surface area contributed by atoms with Crippen LogP contribution in [0.5, 0.6) is 0 Å². The van der Waals surface area contributed by atoms with Crippen molar-refractivity contribution in [1.29, 1.82) is 0 Å². The lowest BCUT2D eigenvalue weighted by Crippen LogP contribution is -2.26. The number of carbonyl (C=O) groups is 1. The van der Waals surface area contributed by atoms with E-state index in [4.69, 9.17) is 0 Å². The molecule has 72 valence electrons. The van der Waals surface area contributed by atoms with Gasteiger partial charge in [-0.2, -0.15) is 0 Å². The molecule has 0 bridgehead atoms. The van der Waals surface area contributed by atoms with Crippen LogP contribution in [0, 0.1) is 11.8 Å². The fourth-order valence-corrected chi connectivity index (χ4v) is 1.30. The first kappa shape index (κ1) is 11.6. The minimum absolute atomic E-state index is 0.220. The van der Waals surface area contributed by atoms with Crippen molar-refractivity contribution in [2.24, 2.45) is 11.8 Å². The highest BCUT2D eigenvalue weighted by molar-refractivity contribution is 5.81. The van der Waals surface area contributed by atoms with E-state index >= 15 is 0 Å². The van der Waals surface area contributed by atoms with E-state index in [0.29, 0.717) is 11.7 Å². The van der Waals surface area contributed by atoms with Gasteiger partial charge in [0.2, 0.25) is 0 Å². The van der Waals surface area contributed by atoms with Crippen molar-refractivity contribution in [3.8, 4) is 0 Å². The van der Waals surface area contributed by atoms with E-state index in [9.17, 15) is 4.79 Å². The second-order valence-electron chi connectivity index (χ2n) is 3.73. The highest BCUT2D eigenvalue weighted by atomic mass is 16.1. The monoisotopic (exact) mass is 171 g/mol. The molecule has 0 aromatic rings. The molecule has 0 radical (unpaired) electrons. The van der Waals surface area contributed by atoms with Gasteiger partial charge in [-0.25, -0.2) is 0 Å². The molecule has 0 saturated carbocycles. The van der Waals surface area contributed by atoms with Gasteiger partial charge in [0, 0.05) is 18.9 Å². The summed E-state index contributed by atoms with van der Waals surface area (Å²) in [5, 5.41) is 3.05. The molecular formula is C10H21NO. The SMILES string of the molecule is CCC(CNC)C(=O)CC(C)C. The van der Waals surface area contributed by atoms with E-state index < -0.39 is 0 Å². The maximum Gasteiger partial charge on any atom is 0.137 e. The van der Waals surface area contributed by atoms with Crippen LogP contribution in [0.4, 0.5) is 0 Å². The van der Waals surface area contributed by atoms with E-state index in [1.54, 1.807) is 0 Å². The average Bonchev–Trinajstić information content (AvgIpc) is 1.98. The number of ketones is 1. The van der Waals surface area contributed by atoms with Crippen LogP contribution in [-0.2, 0) is 4.79 Å². The molecule has 0 aliphatic rings. The van der Waals surface area contributed by atoms with E-state index in [1.807, 2.05) is 7.05 Å². The molecule has 0 aromatic heterocycles. The van der Waals surface area contributed by atoms with Gasteiger partial charge >= 0.3 is 0 Å². The van der Waals surface area contributed by atoms with Gasteiger partial charge in [0.15, 0.2) is 0 Å². The molecule has 0 aliphatic heterocycles. The van der Waals surface area contributed by atoms with E-state index in [2.05, 4.69) is 26.1 Å². The third kappa shape index (κ3) is 4.50. The Hall–Kier alpha value is -0.370. The molecule has 2 nitrogen and oxygen atoms in total. The van der Waals surface area contributed by atoms with Crippen LogP contribution in [0.2, 0.25) is 0 Å². The van der Waals surface area contributed by atoms with Crippen LogP contribution in [0.15, 0.2) is 0 Å². The second-order valence-corrected chi connectivity index (χ2v) is 3.73. The van der Waals surface area contributed by atoms with Crippen molar-refractivity contribution >= 4 is 5.78 Å². The van der Waals surface area contributed by atoms with Crippen LogP contribution < -0.4 is 5.32 Å². The summed E-state index contributed by atoms with van der Waals surface area (Å²) in [7, 11) is 1.89. The fourth-order valence-electron chi connectivity index (χ4n) is 1.30. The highest BCUT2D eigenvalue weighted by Gasteiger charge is 2.15. The Bertz CT molecular complexity index is 132. The van der Waals surface area contributed by atoms with Crippen molar-refractivity contribution < 1.29 is 4.79 Å². The Labute approximate surface area is 75.7 Å². The molecule has 0 aromatic carbocycles. The van der Waals surface area contributed by atoms with Gasteiger partial charge in [-0.15, -0.1) is 0 Å². The standard InChI is InChI=1S/C10H21NO/c1-5-9(7-11-4)10(12)6-8(2)3/h8-9,11H,5-7H2,1-4H3. The topological polar surface area (TPSA) is 29.1 Å². The van der Waals surface area contributed by atoms with Gasteiger partial charge in [0.05, 0.1) is 0 Å². The first-order valence-electron chi connectivity index (χ1n) is 4.79. The highest BCUT2D eigenvalue weighted by Crippen LogP contribution is 2.10. The molecule has 0 aliphatic carbocycles. The smallest absolute Gasteiger partial charge is 0.137 e. The zero-order valence-corrected chi connectivity index (χ0v) is 8.68. The van der Waals surface area contributed by atoms with Crippen LogP contribution in [0.3, 0.4) is 0 Å². The Morgan fingerprint density at radius 3 is 2.33 bits per heavy atom. The number of nitrogens with one attached hydrogen (secondary N) is 1. The first-order valence-corrected chi connectivity index (χ1v) is 4.79. The number of hydrogen-bond donors (Lipinski definition) is 1. The average molecular weight is 171 g/mol. The van der Waals surface area contributed by atoms with Gasteiger partial charge in [-0.1, -0.05) is 20.8 Å². The predicted octanol–water partition coefficient (Wildman–Crippen LogP) is 1.85. The third-order valence-corrected chi connectivity index (χ3v) is 2.01. The summed E-state index contributed by atoms with van der Waals surface area (Å²) in [5.74, 6) is 1.11. The molecule has 0 spiro atoms. The largest absolute Gasteiger partial charge is 0.319 e. The summed E-state index contributed by atoms with van der Waals surface area (Å²) in [6, 6.07) is 0. The number of carbonyl (C=O) groups excluding carboxylic acids is 1. The van der Waals surface area contributed by atoms with Crippen molar-refractivity contribution in [2.75, 3.05) is 13.6 Å². The Morgan fingerprint density at radius 1 is 1.42 bits per heavy atom. The van der Waals surface area contributed by atoms with E-state index in [-0.39, 0.29) is 5.92 Å². The molecule has 1 unspecified atom stereocenters. The van der Waals surface area contributed by atoms with Crippen LogP contribution >= 0.6 is 0 Å². The predicted molar refractivity (Wildman–Crippen MR) is 52.2 cm³/mol. The minimum atomic E-state index is 0.220. The van der Waals surface area contributed by atoms with Crippen LogP contribution in [-0.4, -0.2) is 19.4 Å². The molecule has 2 heteroatoms. The molecule has 0 rings (SSSR count). The van der Waals surface area contributed by atoms with Gasteiger partial charge in [0.25, 0.3) is 0 Å². The summed E-state index contributed by atoms with van der Waals surface area (Å²) in [5.41, 5.74) is 0. The van der Waals surface area contributed by atoms with Crippen LogP contribution in [0.25, 0.3) is 0 Å². The summed E-state index contributed by atoms with van der Waals surface area (Å²) in [4.78, 5) is 11.5. The Balaban J connectivity index is 3.85. The van der Waals surface area contributed by atoms with Crippen molar-refractivity contribution in [2.45, 2.75) is 33.6 Å². The third-order valence-electron chi connectivity index (χ3n) is 2.01. The molecule has 0 amide bonds. The number of Topliss-reactive ketones (excluding diaryl/α,β-unsaturated/α-hetero) is 1. The Morgan fingerprint density at radius 2 is 2.00 bits per heavy atom. The number of hydrogen-bond acceptors (Lipinski definition) is 2. The maximum absolute atomic E-state index is 11.5.